The Labute approximate surface area is 142 Å². The van der Waals surface area contributed by atoms with Crippen LogP contribution in [0.4, 0.5) is 0 Å². The number of imidazole rings is 1. The minimum Gasteiger partial charge on any atom is -0.480 e. The van der Waals surface area contributed by atoms with Crippen LogP contribution in [0.25, 0.3) is 11.4 Å². The highest BCUT2D eigenvalue weighted by Gasteiger charge is 2.33. The lowest BCUT2D eigenvalue weighted by molar-refractivity contribution is -0.144. The molecule has 0 bridgehead atoms. The van der Waals surface area contributed by atoms with Gasteiger partial charge in [-0.2, -0.15) is 0 Å². The lowest BCUT2D eigenvalue weighted by atomic mass is 10.1. The molecule has 1 atom stereocenters. The molecule has 3 rings (SSSR count). The summed E-state index contributed by atoms with van der Waals surface area (Å²) in [6, 6.07) is 9.10. The second kappa shape index (κ2) is 7.15. The second-order valence-electron chi connectivity index (χ2n) is 6.17. The Morgan fingerprint density at radius 3 is 2.50 bits per heavy atom. The van der Waals surface area contributed by atoms with Gasteiger partial charge in [0.05, 0.1) is 5.69 Å². The molecule has 0 aliphatic carbocycles. The molecule has 1 saturated heterocycles. The molecule has 2 heterocycles. The van der Waals surface area contributed by atoms with Crippen LogP contribution in [-0.4, -0.2) is 63.6 Å². The molecule has 128 valence electrons. The number of nitrogens with zero attached hydrogens (tertiary/aromatic N) is 3. The Morgan fingerprint density at radius 1 is 1.25 bits per heavy atom. The van der Waals surface area contributed by atoms with Gasteiger partial charge in [-0.05, 0) is 13.5 Å². The lowest BCUT2D eigenvalue weighted by Gasteiger charge is -2.36. The van der Waals surface area contributed by atoms with Crippen LogP contribution in [0.2, 0.25) is 0 Å². The Balaban J connectivity index is 1.87. The van der Waals surface area contributed by atoms with Crippen molar-refractivity contribution < 1.29 is 9.90 Å². The maximum atomic E-state index is 11.9. The average Bonchev–Trinajstić information content (AvgIpc) is 2.98. The maximum Gasteiger partial charge on any atom is 0.327 e. The smallest absolute Gasteiger partial charge is 0.327 e. The molecule has 2 aromatic rings. The van der Waals surface area contributed by atoms with Crippen molar-refractivity contribution in [1.29, 1.82) is 0 Å². The van der Waals surface area contributed by atoms with Crippen LogP contribution in [0.15, 0.2) is 30.3 Å². The molecule has 2 N–H and O–H groups in total. The molecular formula is C18H24N4O2. The summed E-state index contributed by atoms with van der Waals surface area (Å²) in [6.45, 7) is 8.33. The number of hydrogen-bond acceptors (Lipinski definition) is 4. The number of nitrogens with one attached hydrogen (secondary N) is 1. The molecular weight excluding hydrogens is 304 g/mol. The first-order chi connectivity index (χ1) is 11.6. The first-order valence-corrected chi connectivity index (χ1v) is 8.41. The number of aryl methyl sites for hydroxylation is 1. The van der Waals surface area contributed by atoms with Crippen molar-refractivity contribution in [3.8, 4) is 11.4 Å². The van der Waals surface area contributed by atoms with Gasteiger partial charge in [0.2, 0.25) is 0 Å². The first kappa shape index (κ1) is 16.7. The predicted octanol–water partition coefficient (Wildman–Crippen LogP) is 2.15. The molecule has 1 fully saturated rings. The highest BCUT2D eigenvalue weighted by atomic mass is 16.4. The predicted molar refractivity (Wildman–Crippen MR) is 92.8 cm³/mol. The van der Waals surface area contributed by atoms with Gasteiger partial charge in [-0.15, -0.1) is 0 Å². The molecule has 6 heteroatoms. The number of aliphatic carboxylic acids is 1. The van der Waals surface area contributed by atoms with Crippen LogP contribution in [0.3, 0.4) is 0 Å². The fourth-order valence-electron chi connectivity index (χ4n) is 3.26. The van der Waals surface area contributed by atoms with Gasteiger partial charge in [0.25, 0.3) is 0 Å². The zero-order valence-corrected chi connectivity index (χ0v) is 14.2. The molecule has 1 aliphatic heterocycles. The summed E-state index contributed by atoms with van der Waals surface area (Å²) in [7, 11) is 0. The summed E-state index contributed by atoms with van der Waals surface area (Å²) < 4.78 is 0. The van der Waals surface area contributed by atoms with Gasteiger partial charge in [-0.3, -0.25) is 9.69 Å². The van der Waals surface area contributed by atoms with Crippen molar-refractivity contribution in [2.24, 2.45) is 0 Å². The molecule has 0 radical (unpaired) electrons. The Kier molecular flexibility index (Phi) is 4.97. The zero-order valence-electron chi connectivity index (χ0n) is 14.2. The van der Waals surface area contributed by atoms with Crippen molar-refractivity contribution in [1.82, 2.24) is 19.8 Å². The fraction of sp³-hybridized carbons (Fsp3) is 0.444. The summed E-state index contributed by atoms with van der Waals surface area (Å²) in [5.41, 5.74) is 2.40. The van der Waals surface area contributed by atoms with Crippen LogP contribution >= 0.6 is 0 Å². The number of hydrogen-bond donors (Lipinski definition) is 2. The highest BCUT2D eigenvalue weighted by molar-refractivity contribution is 5.76. The lowest BCUT2D eigenvalue weighted by Crippen LogP contribution is -2.49. The molecule has 1 unspecified atom stereocenters. The van der Waals surface area contributed by atoms with Crippen molar-refractivity contribution in [3.05, 3.63) is 41.7 Å². The third kappa shape index (κ3) is 3.34. The van der Waals surface area contributed by atoms with E-state index in [0.29, 0.717) is 5.69 Å². The van der Waals surface area contributed by atoms with Gasteiger partial charge in [0.15, 0.2) is 6.04 Å². The van der Waals surface area contributed by atoms with Gasteiger partial charge < -0.3 is 15.0 Å². The molecule has 0 spiro atoms. The fourth-order valence-corrected chi connectivity index (χ4v) is 3.26. The number of aromatic nitrogens is 2. The SMILES string of the molecule is CCN1CCN(C(C(=O)O)c2nc(-c3ccccc3)[nH]c2C)CC1. The van der Waals surface area contributed by atoms with Crippen molar-refractivity contribution in [2.75, 3.05) is 32.7 Å². The van der Waals surface area contributed by atoms with Gasteiger partial charge in [-0.25, -0.2) is 4.98 Å². The number of benzene rings is 1. The van der Waals surface area contributed by atoms with Crippen molar-refractivity contribution >= 4 is 5.97 Å². The monoisotopic (exact) mass is 328 g/mol. The number of aromatic amines is 1. The summed E-state index contributed by atoms with van der Waals surface area (Å²) in [5.74, 6) is -0.115. The number of piperazine rings is 1. The quantitative estimate of drug-likeness (QED) is 0.880. The Bertz CT molecular complexity index is 690. The number of rotatable bonds is 5. The van der Waals surface area contributed by atoms with E-state index in [0.717, 1.165) is 49.8 Å². The van der Waals surface area contributed by atoms with Crippen LogP contribution in [0.5, 0.6) is 0 Å². The van der Waals surface area contributed by atoms with E-state index in [1.165, 1.54) is 0 Å². The summed E-state index contributed by atoms with van der Waals surface area (Å²) >= 11 is 0. The van der Waals surface area contributed by atoms with Crippen molar-refractivity contribution in [2.45, 2.75) is 19.9 Å². The third-order valence-electron chi connectivity index (χ3n) is 4.68. The van der Waals surface area contributed by atoms with Gasteiger partial charge in [0, 0.05) is 37.4 Å². The largest absolute Gasteiger partial charge is 0.480 e. The van der Waals surface area contributed by atoms with Gasteiger partial charge >= 0.3 is 5.97 Å². The van der Waals surface area contributed by atoms with E-state index in [4.69, 9.17) is 0 Å². The topological polar surface area (TPSA) is 72.5 Å². The minimum absolute atomic E-state index is 0.617. The van der Waals surface area contributed by atoms with E-state index < -0.39 is 12.0 Å². The first-order valence-electron chi connectivity index (χ1n) is 8.41. The number of carbonyl (C=O) groups is 1. The van der Waals surface area contributed by atoms with Crippen LogP contribution in [0, 0.1) is 6.92 Å². The van der Waals surface area contributed by atoms with Gasteiger partial charge in [0.1, 0.15) is 5.82 Å². The maximum absolute atomic E-state index is 11.9. The molecule has 24 heavy (non-hydrogen) atoms. The summed E-state index contributed by atoms with van der Waals surface area (Å²) in [5, 5.41) is 9.80. The molecule has 1 aromatic heterocycles. The second-order valence-corrected chi connectivity index (χ2v) is 6.17. The molecule has 6 nitrogen and oxygen atoms in total. The van der Waals surface area contributed by atoms with Crippen LogP contribution < -0.4 is 0 Å². The van der Waals surface area contributed by atoms with E-state index in [2.05, 4.69) is 21.8 Å². The Morgan fingerprint density at radius 2 is 1.92 bits per heavy atom. The molecule has 1 aromatic carbocycles. The minimum atomic E-state index is -0.839. The molecule has 0 saturated carbocycles. The average molecular weight is 328 g/mol. The Hall–Kier alpha value is -2.18. The van der Waals surface area contributed by atoms with E-state index in [1.807, 2.05) is 42.2 Å². The third-order valence-corrected chi connectivity index (χ3v) is 4.68. The number of likely N-dealkylation sites (N-methyl/N-ethyl adjacent to an activating group) is 1. The zero-order chi connectivity index (χ0) is 17.1. The summed E-state index contributed by atoms with van der Waals surface area (Å²) in [4.78, 5) is 24.2. The number of carboxylic acids is 1. The van der Waals surface area contributed by atoms with E-state index in [-0.39, 0.29) is 0 Å². The van der Waals surface area contributed by atoms with Crippen molar-refractivity contribution in [3.63, 3.8) is 0 Å². The highest BCUT2D eigenvalue weighted by Crippen LogP contribution is 2.27. The van der Waals surface area contributed by atoms with Gasteiger partial charge in [-0.1, -0.05) is 37.3 Å². The number of carboxylic acid groups (broad SMARTS) is 1. The number of H-pyrrole nitrogens is 1. The van der Waals surface area contributed by atoms with E-state index >= 15 is 0 Å². The molecule has 1 aliphatic rings. The molecule has 0 amide bonds. The van der Waals surface area contributed by atoms with Crippen LogP contribution in [0.1, 0.15) is 24.4 Å². The summed E-state index contributed by atoms with van der Waals surface area (Å²) in [6.07, 6.45) is 0. The normalized spacial score (nSPS) is 17.8. The van der Waals surface area contributed by atoms with E-state index in [9.17, 15) is 9.90 Å². The van der Waals surface area contributed by atoms with E-state index in [1.54, 1.807) is 0 Å². The van der Waals surface area contributed by atoms with Crippen LogP contribution in [-0.2, 0) is 4.79 Å². The standard InChI is InChI=1S/C18H24N4O2/c1-3-21-9-11-22(12-10-21)16(18(23)24)15-13(2)19-17(20-15)14-7-5-4-6-8-14/h4-8,16H,3,9-12H2,1-2H3,(H,19,20)(H,23,24).